The lowest BCUT2D eigenvalue weighted by Crippen LogP contribution is -2.43. The highest BCUT2D eigenvalue weighted by molar-refractivity contribution is 7.14. The quantitative estimate of drug-likeness (QED) is 0.484. The number of carbonyl (C=O) groups is 2. The van der Waals surface area contributed by atoms with E-state index in [9.17, 15) is 14.7 Å². The standard InChI is InChI=1S/C26H30N4O4S/c1-16(2)17-8-6-7-11-30(25(33)20(17)12-24(31)32)26-29-22(15-35-26)19-10-5-4-9-18(19)21-13-28-23(34-3)14-27-21/h4-5,9-10,13-17,20H,6-8,11-12H2,1-3H3,(H,31,32). The van der Waals surface area contributed by atoms with Crippen LogP contribution in [-0.4, -0.2) is 45.6 Å². The topological polar surface area (TPSA) is 106 Å². The van der Waals surface area contributed by atoms with Crippen molar-refractivity contribution in [2.75, 3.05) is 18.6 Å². The Balaban J connectivity index is 1.67. The normalized spacial score (nSPS) is 18.9. The number of anilines is 1. The molecule has 4 rings (SSSR count). The van der Waals surface area contributed by atoms with Crippen LogP contribution in [0.3, 0.4) is 0 Å². The van der Waals surface area contributed by atoms with E-state index in [2.05, 4.69) is 23.8 Å². The van der Waals surface area contributed by atoms with Gasteiger partial charge in [0.1, 0.15) is 0 Å². The summed E-state index contributed by atoms with van der Waals surface area (Å²) in [5, 5.41) is 12.1. The van der Waals surface area contributed by atoms with Gasteiger partial charge in [-0.25, -0.2) is 15.0 Å². The average Bonchev–Trinajstić information content (AvgIpc) is 3.33. The van der Waals surface area contributed by atoms with E-state index >= 15 is 0 Å². The van der Waals surface area contributed by atoms with Crippen LogP contribution < -0.4 is 9.64 Å². The summed E-state index contributed by atoms with van der Waals surface area (Å²) in [5.41, 5.74) is 3.20. The molecule has 1 N–H and O–H groups in total. The molecule has 0 aliphatic carbocycles. The number of aliphatic carboxylic acids is 1. The fraction of sp³-hybridized carbons (Fsp3) is 0.423. The molecular formula is C26H30N4O4S. The molecular weight excluding hydrogens is 464 g/mol. The number of aromatic nitrogens is 3. The van der Waals surface area contributed by atoms with Gasteiger partial charge >= 0.3 is 5.97 Å². The Morgan fingerprint density at radius 1 is 1.17 bits per heavy atom. The largest absolute Gasteiger partial charge is 0.481 e. The number of rotatable bonds is 7. The fourth-order valence-corrected chi connectivity index (χ4v) is 5.62. The molecule has 1 fully saturated rings. The van der Waals surface area contributed by atoms with E-state index in [1.807, 2.05) is 29.6 Å². The molecule has 0 bridgehead atoms. The van der Waals surface area contributed by atoms with Gasteiger partial charge in [-0.3, -0.25) is 14.5 Å². The molecule has 3 aromatic rings. The number of methoxy groups -OCH3 is 1. The number of hydrogen-bond acceptors (Lipinski definition) is 7. The van der Waals surface area contributed by atoms with Crippen molar-refractivity contribution in [2.24, 2.45) is 17.8 Å². The van der Waals surface area contributed by atoms with Gasteiger partial charge in [-0.2, -0.15) is 0 Å². The summed E-state index contributed by atoms with van der Waals surface area (Å²) in [7, 11) is 1.55. The van der Waals surface area contributed by atoms with Gasteiger partial charge in [0.15, 0.2) is 5.13 Å². The van der Waals surface area contributed by atoms with E-state index in [-0.39, 0.29) is 24.2 Å². The van der Waals surface area contributed by atoms with E-state index in [0.29, 0.717) is 23.3 Å². The first-order valence-electron chi connectivity index (χ1n) is 11.8. The SMILES string of the molecule is COc1cnc(-c2ccccc2-c2csc(N3CCCCC(C(C)C)C(CC(=O)O)C3=O)n2)cn1. The lowest BCUT2D eigenvalue weighted by Gasteiger charge is -2.34. The van der Waals surface area contributed by atoms with Crippen molar-refractivity contribution in [1.82, 2.24) is 15.0 Å². The Hall–Kier alpha value is -3.33. The van der Waals surface area contributed by atoms with E-state index in [1.165, 1.54) is 11.3 Å². The molecule has 3 heterocycles. The number of carboxylic acid groups (broad SMARTS) is 1. The zero-order valence-electron chi connectivity index (χ0n) is 20.2. The van der Waals surface area contributed by atoms with Crippen LogP contribution in [0.1, 0.15) is 39.5 Å². The highest BCUT2D eigenvalue weighted by Crippen LogP contribution is 2.37. The van der Waals surface area contributed by atoms with Crippen molar-refractivity contribution >= 4 is 28.3 Å². The maximum atomic E-state index is 13.6. The maximum Gasteiger partial charge on any atom is 0.304 e. The molecule has 1 aliphatic rings. The summed E-state index contributed by atoms with van der Waals surface area (Å²) in [5.74, 6) is -0.928. The van der Waals surface area contributed by atoms with Crippen molar-refractivity contribution in [1.29, 1.82) is 0 Å². The molecule has 1 saturated heterocycles. The maximum absolute atomic E-state index is 13.6. The van der Waals surface area contributed by atoms with Crippen LogP contribution in [0.5, 0.6) is 5.88 Å². The molecule has 1 aliphatic heterocycles. The smallest absolute Gasteiger partial charge is 0.304 e. The number of carbonyl (C=O) groups excluding carboxylic acids is 1. The second kappa shape index (κ2) is 10.9. The number of thiazole rings is 1. The van der Waals surface area contributed by atoms with E-state index < -0.39 is 11.9 Å². The molecule has 2 unspecified atom stereocenters. The highest BCUT2D eigenvalue weighted by Gasteiger charge is 2.37. The molecule has 0 radical (unpaired) electrons. The number of hydrogen-bond donors (Lipinski definition) is 1. The average molecular weight is 495 g/mol. The highest BCUT2D eigenvalue weighted by atomic mass is 32.1. The van der Waals surface area contributed by atoms with Gasteiger partial charge in [-0.1, -0.05) is 44.5 Å². The van der Waals surface area contributed by atoms with Crippen LogP contribution >= 0.6 is 11.3 Å². The molecule has 2 aromatic heterocycles. The van der Waals surface area contributed by atoms with Crippen molar-refractivity contribution < 1.29 is 19.4 Å². The molecule has 184 valence electrons. The second-order valence-corrected chi connectivity index (χ2v) is 9.94. The first kappa shape index (κ1) is 24.8. The van der Waals surface area contributed by atoms with Crippen LogP contribution in [0.15, 0.2) is 42.0 Å². The zero-order valence-corrected chi connectivity index (χ0v) is 21.0. The minimum atomic E-state index is -0.941. The number of benzene rings is 1. The second-order valence-electron chi connectivity index (χ2n) is 9.10. The van der Waals surface area contributed by atoms with Gasteiger partial charge in [0.2, 0.25) is 11.8 Å². The fourth-order valence-electron chi connectivity index (χ4n) is 4.76. The third-order valence-electron chi connectivity index (χ3n) is 6.56. The molecule has 9 heteroatoms. The summed E-state index contributed by atoms with van der Waals surface area (Å²) < 4.78 is 5.12. The van der Waals surface area contributed by atoms with Gasteiger partial charge in [-0.05, 0) is 24.7 Å². The van der Waals surface area contributed by atoms with Crippen LogP contribution in [0.4, 0.5) is 5.13 Å². The molecule has 8 nitrogen and oxygen atoms in total. The predicted molar refractivity (Wildman–Crippen MR) is 135 cm³/mol. The van der Waals surface area contributed by atoms with E-state index in [1.54, 1.807) is 24.4 Å². The van der Waals surface area contributed by atoms with Crippen LogP contribution in [-0.2, 0) is 9.59 Å². The van der Waals surface area contributed by atoms with E-state index in [4.69, 9.17) is 9.72 Å². The summed E-state index contributed by atoms with van der Waals surface area (Å²) in [6, 6.07) is 7.80. The Labute approximate surface area is 209 Å². The minimum absolute atomic E-state index is 0.0372. The Bertz CT molecular complexity index is 1180. The lowest BCUT2D eigenvalue weighted by atomic mass is 9.76. The van der Waals surface area contributed by atoms with Crippen LogP contribution in [0.25, 0.3) is 22.5 Å². The molecule has 1 aromatic carbocycles. The Kier molecular flexibility index (Phi) is 7.75. The number of amides is 1. The van der Waals surface area contributed by atoms with Crippen molar-refractivity contribution in [3.8, 4) is 28.4 Å². The van der Waals surface area contributed by atoms with E-state index in [0.717, 1.165) is 36.1 Å². The number of nitrogens with zero attached hydrogens (tertiary/aromatic N) is 4. The van der Waals surface area contributed by atoms with Gasteiger partial charge in [0.05, 0.1) is 43.2 Å². The third kappa shape index (κ3) is 5.51. The van der Waals surface area contributed by atoms with Crippen molar-refractivity contribution in [3.63, 3.8) is 0 Å². The number of ether oxygens (including phenoxy) is 1. The minimum Gasteiger partial charge on any atom is -0.481 e. The summed E-state index contributed by atoms with van der Waals surface area (Å²) in [6.07, 6.45) is 5.77. The lowest BCUT2D eigenvalue weighted by molar-refractivity contribution is -0.142. The monoisotopic (exact) mass is 494 g/mol. The third-order valence-corrected chi connectivity index (χ3v) is 7.42. The predicted octanol–water partition coefficient (Wildman–Crippen LogP) is 5.16. The summed E-state index contributed by atoms with van der Waals surface area (Å²) in [4.78, 5) is 40.5. The summed E-state index contributed by atoms with van der Waals surface area (Å²) >= 11 is 1.40. The van der Waals surface area contributed by atoms with Gasteiger partial charge in [0, 0.05) is 23.1 Å². The molecule has 0 spiro atoms. The van der Waals surface area contributed by atoms with Crippen molar-refractivity contribution in [2.45, 2.75) is 39.5 Å². The Morgan fingerprint density at radius 2 is 1.91 bits per heavy atom. The molecule has 0 saturated carbocycles. The molecule has 35 heavy (non-hydrogen) atoms. The van der Waals surface area contributed by atoms with Crippen LogP contribution in [0.2, 0.25) is 0 Å². The van der Waals surface area contributed by atoms with Gasteiger partial charge in [0.25, 0.3) is 0 Å². The number of carboxylic acids is 1. The van der Waals surface area contributed by atoms with Crippen LogP contribution in [0, 0.1) is 17.8 Å². The summed E-state index contributed by atoms with van der Waals surface area (Å²) in [6.45, 7) is 4.68. The molecule has 2 atom stereocenters. The van der Waals surface area contributed by atoms with Gasteiger partial charge in [-0.15, -0.1) is 11.3 Å². The van der Waals surface area contributed by atoms with Gasteiger partial charge < -0.3 is 9.84 Å². The first-order chi connectivity index (χ1) is 16.9. The first-order valence-corrected chi connectivity index (χ1v) is 12.7. The zero-order chi connectivity index (χ0) is 24.9. The Morgan fingerprint density at radius 3 is 2.54 bits per heavy atom. The molecule has 1 amide bonds. The van der Waals surface area contributed by atoms with Crippen molar-refractivity contribution in [3.05, 3.63) is 42.0 Å².